The second-order valence-electron chi connectivity index (χ2n) is 4.48. The van der Waals surface area contributed by atoms with Gasteiger partial charge in [-0.1, -0.05) is 23.4 Å². The zero-order chi connectivity index (χ0) is 14.1. The predicted octanol–water partition coefficient (Wildman–Crippen LogP) is 4.65. The summed E-state index contributed by atoms with van der Waals surface area (Å²) in [5.41, 5.74) is 2.24. The van der Waals surface area contributed by atoms with E-state index < -0.39 is 0 Å². The van der Waals surface area contributed by atoms with E-state index in [0.29, 0.717) is 10.9 Å². The van der Waals surface area contributed by atoms with Gasteiger partial charge in [0.05, 0.1) is 10.8 Å². The number of thioether (sulfide) groups is 1. The molecule has 3 aromatic heterocycles. The van der Waals surface area contributed by atoms with E-state index in [-0.39, 0.29) is 0 Å². The van der Waals surface area contributed by atoms with Crippen molar-refractivity contribution in [2.24, 2.45) is 0 Å². The highest BCUT2D eigenvalue weighted by Crippen LogP contribution is 2.27. The van der Waals surface area contributed by atoms with Gasteiger partial charge in [-0.3, -0.25) is 0 Å². The molecule has 3 rings (SSSR count). The smallest absolute Gasteiger partial charge is 0.142 e. The van der Waals surface area contributed by atoms with Gasteiger partial charge < -0.3 is 0 Å². The van der Waals surface area contributed by atoms with Crippen LogP contribution in [-0.2, 0) is 5.75 Å². The first kappa shape index (κ1) is 13.8. The van der Waals surface area contributed by atoms with Crippen molar-refractivity contribution < 1.29 is 0 Å². The van der Waals surface area contributed by atoms with Crippen LogP contribution in [0, 0.1) is 13.8 Å². The van der Waals surface area contributed by atoms with Crippen molar-refractivity contribution >= 4 is 44.9 Å². The highest BCUT2D eigenvalue weighted by atomic mass is 35.5. The third kappa shape index (κ3) is 2.95. The maximum absolute atomic E-state index is 6.17. The molecule has 0 aliphatic rings. The molecule has 0 unspecified atom stereocenters. The number of hydrogen-bond acceptors (Lipinski definition) is 5. The minimum Gasteiger partial charge on any atom is -0.247 e. The standard InChI is InChI=1S/C14H12ClN3S2/c1-8-5-9(2)16-12(6-8)20-7-11-17-13(15)10-3-4-19-14(10)18-11/h3-6H,7H2,1-2H3. The Morgan fingerprint density at radius 1 is 1.20 bits per heavy atom. The molecule has 3 aromatic rings. The SMILES string of the molecule is Cc1cc(C)nc(SCc2nc(Cl)c3ccsc3n2)c1. The molecule has 20 heavy (non-hydrogen) atoms. The first-order valence-corrected chi connectivity index (χ1v) is 8.34. The molecule has 102 valence electrons. The average molecular weight is 322 g/mol. The van der Waals surface area contributed by atoms with Crippen LogP contribution in [0.3, 0.4) is 0 Å². The molecule has 0 aliphatic carbocycles. The number of fused-ring (bicyclic) bond motifs is 1. The second kappa shape index (κ2) is 5.68. The molecule has 6 heteroatoms. The molecule has 0 amide bonds. The molecule has 0 radical (unpaired) electrons. The molecular formula is C14H12ClN3S2. The zero-order valence-electron chi connectivity index (χ0n) is 11.1. The Morgan fingerprint density at radius 3 is 2.85 bits per heavy atom. The molecule has 0 bridgehead atoms. The molecule has 0 spiro atoms. The quantitative estimate of drug-likeness (QED) is 0.520. The lowest BCUT2D eigenvalue weighted by Crippen LogP contribution is -1.94. The first-order chi connectivity index (χ1) is 9.61. The van der Waals surface area contributed by atoms with Crippen LogP contribution < -0.4 is 0 Å². The molecule has 3 nitrogen and oxygen atoms in total. The fourth-order valence-corrected chi connectivity index (χ4v) is 3.91. The summed E-state index contributed by atoms with van der Waals surface area (Å²) in [5, 5.41) is 4.43. The molecule has 0 saturated carbocycles. The van der Waals surface area contributed by atoms with Crippen LogP contribution in [-0.4, -0.2) is 15.0 Å². The summed E-state index contributed by atoms with van der Waals surface area (Å²) in [6, 6.07) is 6.09. The Bertz CT molecular complexity index is 750. The normalized spacial score (nSPS) is 11.2. The van der Waals surface area contributed by atoms with Gasteiger partial charge in [-0.05, 0) is 43.0 Å². The van der Waals surface area contributed by atoms with Gasteiger partial charge in [0, 0.05) is 11.1 Å². The maximum atomic E-state index is 6.17. The van der Waals surface area contributed by atoms with Crippen LogP contribution in [0.25, 0.3) is 10.2 Å². The summed E-state index contributed by atoms with van der Waals surface area (Å²) in [6.45, 7) is 4.08. The predicted molar refractivity (Wildman–Crippen MR) is 85.7 cm³/mol. The van der Waals surface area contributed by atoms with E-state index in [4.69, 9.17) is 11.6 Å². The van der Waals surface area contributed by atoms with E-state index in [2.05, 4.69) is 34.0 Å². The van der Waals surface area contributed by atoms with Crippen LogP contribution in [0.15, 0.2) is 28.6 Å². The minimum absolute atomic E-state index is 0.528. The van der Waals surface area contributed by atoms with E-state index in [0.717, 1.165) is 26.8 Å². The number of aromatic nitrogens is 3. The maximum Gasteiger partial charge on any atom is 0.142 e. The summed E-state index contributed by atoms with van der Waals surface area (Å²) in [5.74, 6) is 1.42. The molecule has 0 aromatic carbocycles. The summed E-state index contributed by atoms with van der Waals surface area (Å²) in [4.78, 5) is 14.3. The molecule has 0 aliphatic heterocycles. The lowest BCUT2D eigenvalue weighted by atomic mass is 10.3. The van der Waals surface area contributed by atoms with E-state index in [9.17, 15) is 0 Å². The summed E-state index contributed by atoms with van der Waals surface area (Å²) in [6.07, 6.45) is 0. The number of hydrogen-bond donors (Lipinski definition) is 0. The lowest BCUT2D eigenvalue weighted by molar-refractivity contribution is 1.03. The van der Waals surface area contributed by atoms with Crippen molar-refractivity contribution in [3.05, 3.63) is 45.8 Å². The number of aryl methyl sites for hydroxylation is 2. The fourth-order valence-electron chi connectivity index (χ4n) is 1.94. The summed E-state index contributed by atoms with van der Waals surface area (Å²) >= 11 is 9.38. The average Bonchev–Trinajstić information content (AvgIpc) is 2.84. The van der Waals surface area contributed by atoms with Gasteiger partial charge in [0.1, 0.15) is 15.8 Å². The van der Waals surface area contributed by atoms with E-state index in [1.54, 1.807) is 23.1 Å². The first-order valence-electron chi connectivity index (χ1n) is 6.09. The molecule has 0 fully saturated rings. The Labute approximate surface area is 130 Å². The number of pyridine rings is 1. The Kier molecular flexibility index (Phi) is 3.92. The lowest BCUT2D eigenvalue weighted by Gasteiger charge is -2.04. The number of halogens is 1. The Balaban J connectivity index is 1.82. The fraction of sp³-hybridized carbons (Fsp3) is 0.214. The highest BCUT2D eigenvalue weighted by Gasteiger charge is 2.08. The Morgan fingerprint density at radius 2 is 2.05 bits per heavy atom. The molecule has 0 N–H and O–H groups in total. The number of nitrogens with zero attached hydrogens (tertiary/aromatic N) is 3. The zero-order valence-corrected chi connectivity index (χ0v) is 13.4. The topological polar surface area (TPSA) is 38.7 Å². The van der Waals surface area contributed by atoms with Crippen molar-refractivity contribution in [1.29, 1.82) is 0 Å². The molecule has 0 atom stereocenters. The molecule has 3 heterocycles. The van der Waals surface area contributed by atoms with E-state index >= 15 is 0 Å². The van der Waals surface area contributed by atoms with Gasteiger partial charge in [-0.25, -0.2) is 15.0 Å². The summed E-state index contributed by atoms with van der Waals surface area (Å²) in [7, 11) is 0. The van der Waals surface area contributed by atoms with Gasteiger partial charge >= 0.3 is 0 Å². The third-order valence-electron chi connectivity index (χ3n) is 2.75. The molecular weight excluding hydrogens is 310 g/mol. The van der Waals surface area contributed by atoms with Crippen LogP contribution in [0.5, 0.6) is 0 Å². The third-order valence-corrected chi connectivity index (χ3v) is 4.75. The number of thiophene rings is 1. The van der Waals surface area contributed by atoms with Crippen molar-refractivity contribution in [2.75, 3.05) is 0 Å². The second-order valence-corrected chi connectivity index (χ2v) is 6.73. The van der Waals surface area contributed by atoms with Gasteiger partial charge in [0.2, 0.25) is 0 Å². The van der Waals surface area contributed by atoms with Crippen LogP contribution in [0.2, 0.25) is 5.15 Å². The summed E-state index contributed by atoms with van der Waals surface area (Å²) < 4.78 is 0. The van der Waals surface area contributed by atoms with Crippen LogP contribution >= 0.6 is 34.7 Å². The van der Waals surface area contributed by atoms with Crippen LogP contribution in [0.4, 0.5) is 0 Å². The highest BCUT2D eigenvalue weighted by molar-refractivity contribution is 7.98. The largest absolute Gasteiger partial charge is 0.247 e. The van der Waals surface area contributed by atoms with Crippen molar-refractivity contribution in [3.8, 4) is 0 Å². The Hall–Kier alpha value is -1.17. The van der Waals surface area contributed by atoms with Crippen LogP contribution in [0.1, 0.15) is 17.1 Å². The van der Waals surface area contributed by atoms with Gasteiger partial charge in [-0.15, -0.1) is 11.3 Å². The monoisotopic (exact) mass is 321 g/mol. The van der Waals surface area contributed by atoms with Gasteiger partial charge in [0.25, 0.3) is 0 Å². The van der Waals surface area contributed by atoms with E-state index in [1.807, 2.05) is 18.4 Å². The van der Waals surface area contributed by atoms with E-state index in [1.165, 1.54) is 5.56 Å². The minimum atomic E-state index is 0.528. The van der Waals surface area contributed by atoms with Crippen molar-refractivity contribution in [3.63, 3.8) is 0 Å². The number of rotatable bonds is 3. The van der Waals surface area contributed by atoms with Gasteiger partial charge in [-0.2, -0.15) is 0 Å². The van der Waals surface area contributed by atoms with Crippen molar-refractivity contribution in [2.45, 2.75) is 24.6 Å². The van der Waals surface area contributed by atoms with Crippen molar-refractivity contribution in [1.82, 2.24) is 15.0 Å². The molecule has 0 saturated heterocycles. The van der Waals surface area contributed by atoms with Gasteiger partial charge in [0.15, 0.2) is 0 Å².